The van der Waals surface area contributed by atoms with Crippen molar-refractivity contribution in [3.05, 3.63) is 59.2 Å². The molecule has 1 fully saturated rings. The molecule has 1 saturated heterocycles. The van der Waals surface area contributed by atoms with Crippen LogP contribution in [0.25, 0.3) is 0 Å². The van der Waals surface area contributed by atoms with Gasteiger partial charge in [-0.2, -0.15) is 0 Å². The van der Waals surface area contributed by atoms with E-state index in [1.165, 1.54) is 12.0 Å². The summed E-state index contributed by atoms with van der Waals surface area (Å²) >= 11 is 0. The number of carbonyl (C=O) groups excluding carboxylic acids is 2. The zero-order valence-electron chi connectivity index (χ0n) is 15.6. The average molecular weight is 366 g/mol. The second kappa shape index (κ2) is 8.58. The van der Waals surface area contributed by atoms with Crippen molar-refractivity contribution in [1.29, 1.82) is 0 Å². The second-order valence-electron chi connectivity index (χ2n) is 6.94. The molecule has 3 amide bonds. The third-order valence-corrected chi connectivity index (χ3v) is 4.80. The van der Waals surface area contributed by atoms with Crippen LogP contribution in [-0.2, 0) is 6.54 Å². The first-order valence-corrected chi connectivity index (χ1v) is 9.32. The van der Waals surface area contributed by atoms with Crippen LogP contribution in [0.2, 0.25) is 0 Å². The molecule has 6 nitrogen and oxygen atoms in total. The molecule has 6 heteroatoms. The summed E-state index contributed by atoms with van der Waals surface area (Å²) in [5.41, 5.74) is 9.52. The Kier molecular flexibility index (Phi) is 5.96. The fourth-order valence-corrected chi connectivity index (χ4v) is 3.25. The van der Waals surface area contributed by atoms with E-state index in [0.29, 0.717) is 17.8 Å². The van der Waals surface area contributed by atoms with Crippen LogP contribution in [0.4, 0.5) is 16.2 Å². The number of nitrogens with one attached hydrogen (secondary N) is 2. The Morgan fingerprint density at radius 3 is 2.41 bits per heavy atom. The number of aryl methyl sites for hydroxylation is 1. The number of nitrogens with zero attached hydrogens (tertiary/aromatic N) is 1. The quantitative estimate of drug-likeness (QED) is 0.758. The highest BCUT2D eigenvalue weighted by molar-refractivity contribution is 5.98. The molecule has 0 radical (unpaired) electrons. The van der Waals surface area contributed by atoms with Crippen LogP contribution in [0.15, 0.2) is 42.5 Å². The Morgan fingerprint density at radius 1 is 1.04 bits per heavy atom. The van der Waals surface area contributed by atoms with Gasteiger partial charge in [0.15, 0.2) is 0 Å². The van der Waals surface area contributed by atoms with E-state index in [1.54, 1.807) is 12.1 Å². The van der Waals surface area contributed by atoms with Gasteiger partial charge in [-0.1, -0.05) is 29.8 Å². The van der Waals surface area contributed by atoms with Gasteiger partial charge in [0.05, 0.1) is 11.4 Å². The number of piperidine rings is 1. The number of primary amides is 1. The van der Waals surface area contributed by atoms with Crippen molar-refractivity contribution >= 4 is 23.3 Å². The molecule has 0 spiro atoms. The van der Waals surface area contributed by atoms with Crippen molar-refractivity contribution < 1.29 is 9.59 Å². The van der Waals surface area contributed by atoms with E-state index in [-0.39, 0.29) is 6.03 Å². The summed E-state index contributed by atoms with van der Waals surface area (Å²) in [4.78, 5) is 26.2. The maximum absolute atomic E-state index is 12.4. The standard InChI is InChI=1S/C21H26N4O2/c1-15-5-7-16(8-6-15)14-23-21(27)24-18-13-17(20(22)26)9-10-19(18)25-11-3-2-4-12-25/h5-10,13H,2-4,11-12,14H2,1H3,(H2,22,26)(H2,23,24,27). The van der Waals surface area contributed by atoms with Crippen molar-refractivity contribution in [3.63, 3.8) is 0 Å². The summed E-state index contributed by atoms with van der Waals surface area (Å²) in [7, 11) is 0. The normalized spacial score (nSPS) is 13.9. The van der Waals surface area contributed by atoms with Gasteiger partial charge in [0.2, 0.25) is 5.91 Å². The number of hydrogen-bond acceptors (Lipinski definition) is 3. The van der Waals surface area contributed by atoms with Crippen molar-refractivity contribution in [1.82, 2.24) is 5.32 Å². The summed E-state index contributed by atoms with van der Waals surface area (Å²) in [6, 6.07) is 12.9. The van der Waals surface area contributed by atoms with E-state index >= 15 is 0 Å². The Balaban J connectivity index is 1.72. The highest BCUT2D eigenvalue weighted by Gasteiger charge is 2.17. The summed E-state index contributed by atoms with van der Waals surface area (Å²) in [6.45, 7) is 4.34. The first kappa shape index (κ1) is 18.8. The van der Waals surface area contributed by atoms with Gasteiger partial charge in [0.1, 0.15) is 0 Å². The molecule has 142 valence electrons. The molecule has 0 saturated carbocycles. The van der Waals surface area contributed by atoms with Crippen molar-refractivity contribution in [2.75, 3.05) is 23.3 Å². The molecule has 0 aliphatic carbocycles. The summed E-state index contributed by atoms with van der Waals surface area (Å²) in [5, 5.41) is 5.75. The van der Waals surface area contributed by atoms with Crippen LogP contribution in [0.3, 0.4) is 0 Å². The Hall–Kier alpha value is -3.02. The predicted molar refractivity (Wildman–Crippen MR) is 108 cm³/mol. The molecule has 0 bridgehead atoms. The predicted octanol–water partition coefficient (Wildman–Crippen LogP) is 3.41. The van der Waals surface area contributed by atoms with E-state index in [1.807, 2.05) is 37.3 Å². The van der Waals surface area contributed by atoms with Gasteiger partial charge in [-0.25, -0.2) is 4.79 Å². The van der Waals surface area contributed by atoms with E-state index in [2.05, 4.69) is 15.5 Å². The molecular formula is C21H26N4O2. The van der Waals surface area contributed by atoms with Gasteiger partial charge in [-0.05, 0) is 49.9 Å². The van der Waals surface area contributed by atoms with E-state index in [0.717, 1.165) is 37.2 Å². The molecule has 27 heavy (non-hydrogen) atoms. The summed E-state index contributed by atoms with van der Waals surface area (Å²) < 4.78 is 0. The number of hydrogen-bond donors (Lipinski definition) is 3. The summed E-state index contributed by atoms with van der Waals surface area (Å²) in [5.74, 6) is -0.511. The molecule has 1 aliphatic rings. The number of rotatable bonds is 5. The summed E-state index contributed by atoms with van der Waals surface area (Å²) in [6.07, 6.45) is 3.46. The first-order chi connectivity index (χ1) is 13.0. The number of amides is 3. The maximum atomic E-state index is 12.4. The topological polar surface area (TPSA) is 87.5 Å². The lowest BCUT2D eigenvalue weighted by molar-refractivity contribution is 0.100. The fourth-order valence-electron chi connectivity index (χ4n) is 3.25. The number of urea groups is 1. The minimum absolute atomic E-state index is 0.310. The van der Waals surface area contributed by atoms with Gasteiger partial charge in [-0.3, -0.25) is 4.79 Å². The number of carbonyl (C=O) groups is 2. The molecule has 1 heterocycles. The Labute approximate surface area is 159 Å². The fraction of sp³-hybridized carbons (Fsp3) is 0.333. The van der Waals surface area contributed by atoms with Crippen LogP contribution in [-0.4, -0.2) is 25.0 Å². The lowest BCUT2D eigenvalue weighted by Crippen LogP contribution is -2.32. The lowest BCUT2D eigenvalue weighted by atomic mass is 10.1. The van der Waals surface area contributed by atoms with Crippen LogP contribution >= 0.6 is 0 Å². The van der Waals surface area contributed by atoms with Crippen LogP contribution in [0.1, 0.15) is 40.7 Å². The third-order valence-electron chi connectivity index (χ3n) is 4.80. The molecular weight excluding hydrogens is 340 g/mol. The van der Waals surface area contributed by atoms with Crippen LogP contribution in [0, 0.1) is 6.92 Å². The maximum Gasteiger partial charge on any atom is 0.319 e. The zero-order chi connectivity index (χ0) is 19.2. The molecule has 2 aromatic carbocycles. The minimum Gasteiger partial charge on any atom is -0.370 e. The van der Waals surface area contributed by atoms with Gasteiger partial charge < -0.3 is 21.3 Å². The van der Waals surface area contributed by atoms with E-state index in [4.69, 9.17) is 5.73 Å². The molecule has 0 unspecified atom stereocenters. The minimum atomic E-state index is -0.511. The van der Waals surface area contributed by atoms with E-state index < -0.39 is 5.91 Å². The third kappa shape index (κ3) is 5.00. The zero-order valence-corrected chi connectivity index (χ0v) is 15.6. The molecule has 3 rings (SSSR count). The number of nitrogens with two attached hydrogens (primary N) is 1. The van der Waals surface area contributed by atoms with Crippen molar-refractivity contribution in [2.45, 2.75) is 32.7 Å². The van der Waals surface area contributed by atoms with Crippen LogP contribution < -0.4 is 21.3 Å². The molecule has 4 N–H and O–H groups in total. The molecule has 0 aromatic heterocycles. The number of benzene rings is 2. The monoisotopic (exact) mass is 366 g/mol. The van der Waals surface area contributed by atoms with Crippen molar-refractivity contribution in [2.24, 2.45) is 5.73 Å². The van der Waals surface area contributed by atoms with Gasteiger partial charge in [0.25, 0.3) is 0 Å². The highest BCUT2D eigenvalue weighted by atomic mass is 16.2. The Morgan fingerprint density at radius 2 is 1.74 bits per heavy atom. The number of anilines is 2. The van der Waals surface area contributed by atoms with Gasteiger partial charge >= 0.3 is 6.03 Å². The molecule has 1 aliphatic heterocycles. The average Bonchev–Trinajstić information content (AvgIpc) is 2.68. The van der Waals surface area contributed by atoms with Gasteiger partial charge in [-0.15, -0.1) is 0 Å². The second-order valence-corrected chi connectivity index (χ2v) is 6.94. The molecule has 0 atom stereocenters. The van der Waals surface area contributed by atoms with E-state index in [9.17, 15) is 9.59 Å². The largest absolute Gasteiger partial charge is 0.370 e. The first-order valence-electron chi connectivity index (χ1n) is 9.32. The molecule has 2 aromatic rings. The highest BCUT2D eigenvalue weighted by Crippen LogP contribution is 2.29. The lowest BCUT2D eigenvalue weighted by Gasteiger charge is -2.30. The SMILES string of the molecule is Cc1ccc(CNC(=O)Nc2cc(C(N)=O)ccc2N2CCCCC2)cc1. The van der Waals surface area contributed by atoms with Gasteiger partial charge in [0, 0.05) is 25.2 Å². The van der Waals surface area contributed by atoms with Crippen LogP contribution in [0.5, 0.6) is 0 Å². The smallest absolute Gasteiger partial charge is 0.319 e. The van der Waals surface area contributed by atoms with Crippen molar-refractivity contribution in [3.8, 4) is 0 Å². The Bertz CT molecular complexity index is 811.